The highest BCUT2D eigenvalue weighted by atomic mass is 16.5. The van der Waals surface area contributed by atoms with Gasteiger partial charge >= 0.3 is 5.97 Å². The van der Waals surface area contributed by atoms with Crippen molar-refractivity contribution in [3.8, 4) is 5.75 Å². The maximum absolute atomic E-state index is 11.2. The SMILES string of the molecule is CCCC[N+](CCCC)(CCCC)CCCC.CCc1cccc(OC(=O)CC(=O)[O-])c1CC. The van der Waals surface area contributed by atoms with E-state index in [1.165, 1.54) is 82.0 Å². The molecule has 0 heterocycles. The highest BCUT2D eigenvalue weighted by molar-refractivity contribution is 5.90. The number of aliphatic carboxylic acids is 1. The summed E-state index contributed by atoms with van der Waals surface area (Å²) in [5.41, 5.74) is 2.05. The molecule has 0 aliphatic rings. The summed E-state index contributed by atoms with van der Waals surface area (Å²) in [5, 5.41) is 10.3. The summed E-state index contributed by atoms with van der Waals surface area (Å²) in [6.07, 6.45) is 11.9. The van der Waals surface area contributed by atoms with Gasteiger partial charge in [0.2, 0.25) is 0 Å². The van der Waals surface area contributed by atoms with Crippen LogP contribution in [0.15, 0.2) is 18.2 Å². The molecule has 5 nitrogen and oxygen atoms in total. The first kappa shape index (κ1) is 32.1. The number of unbranched alkanes of at least 4 members (excludes halogenated alkanes) is 4. The molecule has 5 heteroatoms. The standard InChI is InChI=1S/C16H36N.C13H16O4/c1-5-9-13-17(14-10-6-2,15-11-7-3)16-12-8-4;1-3-9-6-5-7-11(10(9)4-2)17-13(16)8-12(14)15/h5-16H2,1-4H3;5-7H,3-4,8H2,1-2H3,(H,14,15)/q+1;/p-1. The van der Waals surface area contributed by atoms with E-state index in [0.717, 1.165) is 24.0 Å². The molecule has 1 aromatic carbocycles. The van der Waals surface area contributed by atoms with Crippen LogP contribution in [-0.2, 0) is 22.4 Å². The van der Waals surface area contributed by atoms with Gasteiger partial charge in [0, 0.05) is 0 Å². The molecule has 0 aromatic heterocycles. The Hall–Kier alpha value is -1.88. The third kappa shape index (κ3) is 13.1. The Bertz CT molecular complexity index is 649. The predicted molar refractivity (Wildman–Crippen MR) is 140 cm³/mol. The monoisotopic (exact) mass is 477 g/mol. The molecule has 0 spiro atoms. The van der Waals surface area contributed by atoms with Gasteiger partial charge in [0.25, 0.3) is 0 Å². The quantitative estimate of drug-likeness (QED) is 0.122. The number of quaternary nitrogens is 1. The topological polar surface area (TPSA) is 66.4 Å². The van der Waals surface area contributed by atoms with E-state index in [4.69, 9.17) is 4.74 Å². The molecule has 1 rings (SSSR count). The molecule has 0 saturated carbocycles. The van der Waals surface area contributed by atoms with Gasteiger partial charge in [-0.1, -0.05) is 79.4 Å². The van der Waals surface area contributed by atoms with E-state index in [1.54, 1.807) is 12.1 Å². The van der Waals surface area contributed by atoms with Crippen LogP contribution in [0, 0.1) is 0 Å². The summed E-state index contributed by atoms with van der Waals surface area (Å²) in [5.74, 6) is -1.79. The highest BCUT2D eigenvalue weighted by Crippen LogP contribution is 2.24. The largest absolute Gasteiger partial charge is 0.550 e. The number of carbonyl (C=O) groups excluding carboxylic acids is 2. The zero-order chi connectivity index (χ0) is 25.8. The normalized spacial score (nSPS) is 11.0. The van der Waals surface area contributed by atoms with Crippen LogP contribution in [0.5, 0.6) is 5.75 Å². The molecule has 0 bridgehead atoms. The van der Waals surface area contributed by atoms with Gasteiger partial charge < -0.3 is 19.1 Å². The number of hydrogen-bond acceptors (Lipinski definition) is 4. The number of carbonyl (C=O) groups is 2. The van der Waals surface area contributed by atoms with Gasteiger partial charge in [0.05, 0.1) is 38.6 Å². The molecule has 1 aromatic rings. The molecule has 0 saturated heterocycles. The fraction of sp³-hybridized carbons (Fsp3) is 0.724. The molecule has 0 atom stereocenters. The smallest absolute Gasteiger partial charge is 0.316 e. The average Bonchev–Trinajstić information content (AvgIpc) is 2.82. The lowest BCUT2D eigenvalue weighted by Crippen LogP contribution is -2.50. The second-order valence-corrected chi connectivity index (χ2v) is 9.27. The zero-order valence-corrected chi connectivity index (χ0v) is 22.9. The van der Waals surface area contributed by atoms with Crippen molar-refractivity contribution < 1.29 is 23.9 Å². The fourth-order valence-corrected chi connectivity index (χ4v) is 4.36. The molecule has 0 aliphatic carbocycles. The first-order valence-corrected chi connectivity index (χ1v) is 13.7. The molecule has 0 N–H and O–H groups in total. The maximum atomic E-state index is 11.2. The molecule has 0 radical (unpaired) electrons. The number of ether oxygens (including phenoxy) is 1. The summed E-state index contributed by atoms with van der Waals surface area (Å²) in [6.45, 7) is 19.0. The Labute approximate surface area is 209 Å². The number of carboxylic acid groups (broad SMARTS) is 1. The van der Waals surface area contributed by atoms with Gasteiger partial charge in [-0.2, -0.15) is 0 Å². The summed E-state index contributed by atoms with van der Waals surface area (Å²) in [6, 6.07) is 5.43. The number of aryl methyl sites for hydroxylation is 1. The van der Waals surface area contributed by atoms with E-state index in [2.05, 4.69) is 27.7 Å². The summed E-state index contributed by atoms with van der Waals surface area (Å²) in [4.78, 5) is 21.5. The van der Waals surface area contributed by atoms with Crippen LogP contribution in [0.25, 0.3) is 0 Å². The Morgan fingerprint density at radius 2 is 1.24 bits per heavy atom. The first-order valence-electron chi connectivity index (χ1n) is 13.7. The summed E-state index contributed by atoms with van der Waals surface area (Å²) in [7, 11) is 0. The Balaban J connectivity index is 0.000000641. The molecule has 0 fully saturated rings. The van der Waals surface area contributed by atoms with E-state index in [1.807, 2.05) is 19.9 Å². The second kappa shape index (κ2) is 19.4. The number of esters is 1. The lowest BCUT2D eigenvalue weighted by Gasteiger charge is -2.39. The number of benzene rings is 1. The van der Waals surface area contributed by atoms with Crippen LogP contribution in [-0.4, -0.2) is 42.6 Å². The van der Waals surface area contributed by atoms with Crippen LogP contribution in [0.3, 0.4) is 0 Å². The van der Waals surface area contributed by atoms with Crippen LogP contribution < -0.4 is 9.84 Å². The van der Waals surface area contributed by atoms with Crippen molar-refractivity contribution in [1.29, 1.82) is 0 Å². The fourth-order valence-electron chi connectivity index (χ4n) is 4.36. The number of carboxylic acids is 1. The lowest BCUT2D eigenvalue weighted by atomic mass is 10.0. The Kier molecular flexibility index (Phi) is 18.4. The number of rotatable bonds is 17. The highest BCUT2D eigenvalue weighted by Gasteiger charge is 2.24. The van der Waals surface area contributed by atoms with Gasteiger partial charge in [-0.05, 0) is 55.7 Å². The zero-order valence-electron chi connectivity index (χ0n) is 22.9. The van der Waals surface area contributed by atoms with Crippen molar-refractivity contribution in [1.82, 2.24) is 0 Å². The molecule has 34 heavy (non-hydrogen) atoms. The van der Waals surface area contributed by atoms with Gasteiger partial charge in [-0.25, -0.2) is 0 Å². The van der Waals surface area contributed by atoms with E-state index in [-0.39, 0.29) is 0 Å². The third-order valence-corrected chi connectivity index (χ3v) is 6.42. The number of nitrogens with zero attached hydrogens (tertiary/aromatic N) is 1. The van der Waals surface area contributed by atoms with Crippen LogP contribution in [0.1, 0.15) is 110 Å². The van der Waals surface area contributed by atoms with E-state index >= 15 is 0 Å². The minimum Gasteiger partial charge on any atom is -0.550 e. The first-order chi connectivity index (χ1) is 16.3. The van der Waals surface area contributed by atoms with Crippen molar-refractivity contribution >= 4 is 11.9 Å². The molecular formula is C29H51NO4. The molecule has 196 valence electrons. The minimum atomic E-state index is -1.43. The minimum absolute atomic E-state index is 0.443. The van der Waals surface area contributed by atoms with E-state index < -0.39 is 18.4 Å². The third-order valence-electron chi connectivity index (χ3n) is 6.42. The molecule has 0 unspecified atom stereocenters. The van der Waals surface area contributed by atoms with Crippen molar-refractivity contribution in [3.63, 3.8) is 0 Å². The Morgan fingerprint density at radius 3 is 1.59 bits per heavy atom. The van der Waals surface area contributed by atoms with Gasteiger partial charge in [0.1, 0.15) is 5.75 Å². The summed E-state index contributed by atoms with van der Waals surface area (Å²) >= 11 is 0. The average molecular weight is 478 g/mol. The van der Waals surface area contributed by atoms with Crippen molar-refractivity contribution in [2.24, 2.45) is 0 Å². The molecule has 0 amide bonds. The van der Waals surface area contributed by atoms with E-state index in [0.29, 0.717) is 5.75 Å². The van der Waals surface area contributed by atoms with Crippen LogP contribution >= 0.6 is 0 Å². The van der Waals surface area contributed by atoms with Crippen LogP contribution in [0.4, 0.5) is 0 Å². The molecular weight excluding hydrogens is 426 g/mol. The van der Waals surface area contributed by atoms with Gasteiger partial charge in [-0.3, -0.25) is 4.79 Å². The molecule has 0 aliphatic heterocycles. The second-order valence-electron chi connectivity index (χ2n) is 9.27. The van der Waals surface area contributed by atoms with Crippen LogP contribution in [0.2, 0.25) is 0 Å². The van der Waals surface area contributed by atoms with Crippen molar-refractivity contribution in [2.75, 3.05) is 26.2 Å². The van der Waals surface area contributed by atoms with Crippen molar-refractivity contribution in [3.05, 3.63) is 29.3 Å². The van der Waals surface area contributed by atoms with E-state index in [9.17, 15) is 14.7 Å². The summed E-state index contributed by atoms with van der Waals surface area (Å²) < 4.78 is 6.45. The maximum Gasteiger partial charge on any atom is 0.316 e. The number of hydrogen-bond donors (Lipinski definition) is 0. The Morgan fingerprint density at radius 1 is 0.765 bits per heavy atom. The van der Waals surface area contributed by atoms with Crippen molar-refractivity contribution in [2.45, 2.75) is 112 Å². The van der Waals surface area contributed by atoms with Gasteiger partial charge in [0.15, 0.2) is 0 Å². The lowest BCUT2D eigenvalue weighted by molar-refractivity contribution is -0.929. The predicted octanol–water partition coefficient (Wildman–Crippen LogP) is 5.86. The van der Waals surface area contributed by atoms with Gasteiger partial charge in [-0.15, -0.1) is 0 Å².